The summed E-state index contributed by atoms with van der Waals surface area (Å²) in [5.74, 6) is -0.148. The van der Waals surface area contributed by atoms with Crippen molar-refractivity contribution >= 4 is 45.9 Å². The Hall–Kier alpha value is -2.34. The van der Waals surface area contributed by atoms with E-state index in [1.54, 1.807) is 54.6 Å². The first-order chi connectivity index (χ1) is 13.5. The standard InChI is InChI=1S/C21H13Cl2FN2OS/c22-13-8-10-14(11-9-13)26-20(27)15-4-1-2-7-19(15)25-21(26)28-12-16-17(23)5-3-6-18(16)24/h1-11H,12H2. The van der Waals surface area contributed by atoms with Crippen LogP contribution in [0.5, 0.6) is 0 Å². The molecule has 0 fully saturated rings. The summed E-state index contributed by atoms with van der Waals surface area (Å²) in [7, 11) is 0. The van der Waals surface area contributed by atoms with Crippen LogP contribution in [0.1, 0.15) is 5.56 Å². The van der Waals surface area contributed by atoms with Gasteiger partial charge in [0, 0.05) is 21.4 Å². The maximum Gasteiger partial charge on any atom is 0.266 e. The topological polar surface area (TPSA) is 34.9 Å². The lowest BCUT2D eigenvalue weighted by molar-refractivity contribution is 0.617. The second kappa shape index (κ2) is 7.95. The lowest BCUT2D eigenvalue weighted by Gasteiger charge is -2.14. The molecule has 0 unspecified atom stereocenters. The molecule has 4 aromatic rings. The molecule has 0 spiro atoms. The summed E-state index contributed by atoms with van der Waals surface area (Å²) in [4.78, 5) is 17.8. The summed E-state index contributed by atoms with van der Waals surface area (Å²) in [6, 6.07) is 18.6. The smallest absolute Gasteiger partial charge is 0.266 e. The molecular formula is C21H13Cl2FN2OS. The summed E-state index contributed by atoms with van der Waals surface area (Å²) in [6.45, 7) is 0. The van der Waals surface area contributed by atoms with Crippen molar-refractivity contribution in [3.8, 4) is 5.69 Å². The van der Waals surface area contributed by atoms with Gasteiger partial charge in [-0.25, -0.2) is 9.37 Å². The molecule has 0 aliphatic heterocycles. The number of nitrogens with zero attached hydrogens (tertiary/aromatic N) is 2. The van der Waals surface area contributed by atoms with Gasteiger partial charge in [0.05, 0.1) is 16.6 Å². The van der Waals surface area contributed by atoms with Gasteiger partial charge in [-0.2, -0.15) is 0 Å². The summed E-state index contributed by atoms with van der Waals surface area (Å²) in [5.41, 5.74) is 1.39. The molecule has 4 rings (SSSR count). The van der Waals surface area contributed by atoms with Gasteiger partial charge in [0.15, 0.2) is 5.16 Å². The number of thioether (sulfide) groups is 1. The molecule has 0 saturated carbocycles. The van der Waals surface area contributed by atoms with E-state index in [1.807, 2.05) is 6.07 Å². The average molecular weight is 431 g/mol. The fraction of sp³-hybridized carbons (Fsp3) is 0.0476. The van der Waals surface area contributed by atoms with Gasteiger partial charge in [-0.05, 0) is 48.5 Å². The normalized spacial score (nSPS) is 11.1. The number of aromatic nitrogens is 2. The zero-order valence-electron chi connectivity index (χ0n) is 14.4. The molecule has 28 heavy (non-hydrogen) atoms. The molecule has 0 atom stereocenters. The molecule has 7 heteroatoms. The molecule has 0 N–H and O–H groups in total. The second-order valence-electron chi connectivity index (χ2n) is 6.02. The van der Waals surface area contributed by atoms with E-state index in [1.165, 1.54) is 22.4 Å². The van der Waals surface area contributed by atoms with Crippen LogP contribution in [0, 0.1) is 5.82 Å². The van der Waals surface area contributed by atoms with E-state index in [0.717, 1.165) is 0 Å². The highest BCUT2D eigenvalue weighted by Gasteiger charge is 2.15. The Bertz CT molecular complexity index is 1210. The molecule has 0 radical (unpaired) electrons. The minimum atomic E-state index is -0.388. The summed E-state index contributed by atoms with van der Waals surface area (Å²) < 4.78 is 15.7. The maximum atomic E-state index is 14.2. The van der Waals surface area contributed by atoms with Crippen molar-refractivity contribution in [3.05, 3.63) is 98.5 Å². The maximum absolute atomic E-state index is 14.2. The zero-order valence-corrected chi connectivity index (χ0v) is 16.7. The van der Waals surface area contributed by atoms with Crippen molar-refractivity contribution in [1.29, 1.82) is 0 Å². The Kier molecular flexibility index (Phi) is 5.40. The molecule has 0 saturated heterocycles. The number of benzene rings is 3. The van der Waals surface area contributed by atoms with Crippen LogP contribution in [0.3, 0.4) is 0 Å². The molecule has 1 heterocycles. The number of halogens is 3. The van der Waals surface area contributed by atoms with Crippen LogP contribution >= 0.6 is 35.0 Å². The largest absolute Gasteiger partial charge is 0.268 e. The SMILES string of the molecule is O=c1c2ccccc2nc(SCc2c(F)cccc2Cl)n1-c1ccc(Cl)cc1. The quantitative estimate of drug-likeness (QED) is 0.288. The molecule has 0 aliphatic carbocycles. The van der Waals surface area contributed by atoms with E-state index in [0.29, 0.717) is 37.4 Å². The number of rotatable bonds is 4. The second-order valence-corrected chi connectivity index (χ2v) is 7.80. The van der Waals surface area contributed by atoms with Crippen molar-refractivity contribution in [2.75, 3.05) is 0 Å². The van der Waals surface area contributed by atoms with E-state index in [9.17, 15) is 9.18 Å². The summed E-state index contributed by atoms with van der Waals surface area (Å²) in [5, 5.41) is 1.86. The van der Waals surface area contributed by atoms with Gasteiger partial charge >= 0.3 is 0 Å². The van der Waals surface area contributed by atoms with E-state index < -0.39 is 0 Å². The molecule has 3 aromatic carbocycles. The highest BCUT2D eigenvalue weighted by Crippen LogP contribution is 2.29. The van der Waals surface area contributed by atoms with Crippen molar-refractivity contribution < 1.29 is 4.39 Å². The zero-order chi connectivity index (χ0) is 19.7. The van der Waals surface area contributed by atoms with Crippen LogP contribution < -0.4 is 5.56 Å². The Labute approximate surface area is 174 Å². The first-order valence-corrected chi connectivity index (χ1v) is 10.1. The summed E-state index contributed by atoms with van der Waals surface area (Å²) >= 11 is 13.4. The van der Waals surface area contributed by atoms with Crippen LogP contribution in [0.2, 0.25) is 10.0 Å². The van der Waals surface area contributed by atoms with Gasteiger partial charge in [0.2, 0.25) is 0 Å². The van der Waals surface area contributed by atoms with E-state index in [-0.39, 0.29) is 17.1 Å². The average Bonchev–Trinajstić information content (AvgIpc) is 2.69. The highest BCUT2D eigenvalue weighted by atomic mass is 35.5. The first-order valence-electron chi connectivity index (χ1n) is 8.38. The third-order valence-corrected chi connectivity index (χ3v) is 5.81. The number of hydrogen-bond donors (Lipinski definition) is 0. The Balaban J connectivity index is 1.85. The molecule has 3 nitrogen and oxygen atoms in total. The Morgan fingerprint density at radius 2 is 1.71 bits per heavy atom. The number of fused-ring (bicyclic) bond motifs is 1. The number of para-hydroxylation sites is 1. The Morgan fingerprint density at radius 1 is 0.964 bits per heavy atom. The minimum Gasteiger partial charge on any atom is -0.268 e. The van der Waals surface area contributed by atoms with Crippen molar-refractivity contribution in [2.24, 2.45) is 0 Å². The van der Waals surface area contributed by atoms with E-state index in [2.05, 4.69) is 4.98 Å². The van der Waals surface area contributed by atoms with Crippen LogP contribution in [0.4, 0.5) is 4.39 Å². The third-order valence-electron chi connectivity index (χ3n) is 4.24. The molecule has 0 amide bonds. The van der Waals surface area contributed by atoms with Crippen LogP contribution in [0.15, 0.2) is 76.7 Å². The molecule has 1 aromatic heterocycles. The first kappa shape index (κ1) is 19.0. The minimum absolute atomic E-state index is 0.199. The lowest BCUT2D eigenvalue weighted by Crippen LogP contribution is -2.21. The van der Waals surface area contributed by atoms with Crippen molar-refractivity contribution in [2.45, 2.75) is 10.9 Å². The van der Waals surface area contributed by atoms with Gasteiger partial charge in [0.25, 0.3) is 5.56 Å². The van der Waals surface area contributed by atoms with Crippen LogP contribution in [-0.4, -0.2) is 9.55 Å². The fourth-order valence-corrected chi connectivity index (χ4v) is 4.32. The van der Waals surface area contributed by atoms with Gasteiger partial charge < -0.3 is 0 Å². The monoisotopic (exact) mass is 430 g/mol. The van der Waals surface area contributed by atoms with Gasteiger partial charge in [0.1, 0.15) is 5.82 Å². The lowest BCUT2D eigenvalue weighted by atomic mass is 10.2. The van der Waals surface area contributed by atoms with E-state index >= 15 is 0 Å². The number of hydrogen-bond acceptors (Lipinski definition) is 3. The van der Waals surface area contributed by atoms with Gasteiger partial charge in [-0.15, -0.1) is 0 Å². The molecule has 140 valence electrons. The Morgan fingerprint density at radius 3 is 2.46 bits per heavy atom. The third kappa shape index (κ3) is 3.65. The summed E-state index contributed by atoms with van der Waals surface area (Å²) in [6.07, 6.45) is 0. The highest BCUT2D eigenvalue weighted by molar-refractivity contribution is 7.98. The van der Waals surface area contributed by atoms with Crippen molar-refractivity contribution in [1.82, 2.24) is 9.55 Å². The molecule has 0 aliphatic rings. The van der Waals surface area contributed by atoms with Gasteiger partial charge in [-0.1, -0.05) is 53.2 Å². The van der Waals surface area contributed by atoms with Crippen molar-refractivity contribution in [3.63, 3.8) is 0 Å². The molecule has 0 bridgehead atoms. The van der Waals surface area contributed by atoms with Gasteiger partial charge in [-0.3, -0.25) is 9.36 Å². The fourth-order valence-electron chi connectivity index (χ4n) is 2.83. The predicted molar refractivity (Wildman–Crippen MR) is 113 cm³/mol. The molecular weight excluding hydrogens is 418 g/mol. The predicted octanol–water partition coefficient (Wildman–Crippen LogP) is 6.12. The van der Waals surface area contributed by atoms with Crippen LogP contribution in [0.25, 0.3) is 16.6 Å². The van der Waals surface area contributed by atoms with E-state index in [4.69, 9.17) is 23.2 Å². The van der Waals surface area contributed by atoms with Crippen LogP contribution in [-0.2, 0) is 5.75 Å².